The molecule has 1 nitrogen and oxygen atoms in total. The molecule has 0 N–H and O–H groups in total. The number of rotatable bonds is 5. The second-order valence-corrected chi connectivity index (χ2v) is 3.49. The zero-order valence-corrected chi connectivity index (χ0v) is 8.85. The van der Waals surface area contributed by atoms with Gasteiger partial charge in [0.25, 0.3) is 0 Å². The fraction of sp³-hybridized carbons (Fsp3) is 0.500. The third kappa shape index (κ3) is 3.36. The van der Waals surface area contributed by atoms with Crippen molar-refractivity contribution in [1.82, 2.24) is 0 Å². The van der Waals surface area contributed by atoms with Crippen LogP contribution in [0.25, 0.3) is 0 Å². The van der Waals surface area contributed by atoms with E-state index in [4.69, 9.17) is 4.74 Å². The summed E-state index contributed by atoms with van der Waals surface area (Å²) in [5.74, 6) is 0.105. The van der Waals surface area contributed by atoms with E-state index in [1.165, 1.54) is 6.07 Å². The lowest BCUT2D eigenvalue weighted by molar-refractivity contribution is 0.291. The first kappa shape index (κ1) is 11.0. The van der Waals surface area contributed by atoms with Crippen LogP contribution in [0, 0.1) is 12.7 Å². The quantitative estimate of drug-likeness (QED) is 0.652. The molecule has 0 atom stereocenters. The van der Waals surface area contributed by atoms with Gasteiger partial charge in [-0.1, -0.05) is 25.8 Å². The second-order valence-electron chi connectivity index (χ2n) is 3.49. The molecule has 0 heterocycles. The number of hydrogen-bond donors (Lipinski definition) is 0. The molecule has 78 valence electrons. The SMILES string of the molecule is CCCCCOc1cc(C)ccc1F. The van der Waals surface area contributed by atoms with E-state index in [9.17, 15) is 4.39 Å². The number of halogens is 1. The molecule has 1 aromatic carbocycles. The van der Waals surface area contributed by atoms with Crippen LogP contribution in [0.1, 0.15) is 31.7 Å². The first-order chi connectivity index (χ1) is 6.74. The van der Waals surface area contributed by atoms with E-state index in [1.54, 1.807) is 12.1 Å². The Morgan fingerprint density at radius 3 is 2.79 bits per heavy atom. The maximum absolute atomic E-state index is 13.2. The first-order valence-electron chi connectivity index (χ1n) is 5.13. The lowest BCUT2D eigenvalue weighted by atomic mass is 10.2. The van der Waals surface area contributed by atoms with Crippen molar-refractivity contribution >= 4 is 0 Å². The number of unbranched alkanes of at least 4 members (excludes halogenated alkanes) is 2. The van der Waals surface area contributed by atoms with E-state index >= 15 is 0 Å². The molecule has 0 fully saturated rings. The predicted molar refractivity (Wildman–Crippen MR) is 56.2 cm³/mol. The van der Waals surface area contributed by atoms with Gasteiger partial charge in [0.05, 0.1) is 6.61 Å². The van der Waals surface area contributed by atoms with E-state index in [-0.39, 0.29) is 5.82 Å². The molecule has 0 radical (unpaired) electrons. The number of benzene rings is 1. The van der Waals surface area contributed by atoms with Gasteiger partial charge in [0.15, 0.2) is 11.6 Å². The highest BCUT2D eigenvalue weighted by atomic mass is 19.1. The highest BCUT2D eigenvalue weighted by molar-refractivity contribution is 5.29. The van der Waals surface area contributed by atoms with Crippen LogP contribution in [-0.4, -0.2) is 6.61 Å². The fourth-order valence-corrected chi connectivity index (χ4v) is 1.26. The zero-order valence-electron chi connectivity index (χ0n) is 8.85. The summed E-state index contributed by atoms with van der Waals surface area (Å²) in [6.45, 7) is 4.67. The Balaban J connectivity index is 2.45. The van der Waals surface area contributed by atoms with Gasteiger partial charge in [0.1, 0.15) is 0 Å². The molecule has 1 rings (SSSR count). The summed E-state index contributed by atoms with van der Waals surface area (Å²) in [5, 5.41) is 0. The van der Waals surface area contributed by atoms with E-state index in [1.807, 2.05) is 6.92 Å². The largest absolute Gasteiger partial charge is 0.491 e. The summed E-state index contributed by atoms with van der Waals surface area (Å²) in [5.41, 5.74) is 1.02. The molecule has 0 aliphatic rings. The minimum atomic E-state index is -0.271. The molecular formula is C12H17FO. The van der Waals surface area contributed by atoms with Gasteiger partial charge >= 0.3 is 0 Å². The summed E-state index contributed by atoms with van der Waals surface area (Å²) >= 11 is 0. The van der Waals surface area contributed by atoms with E-state index in [0.29, 0.717) is 12.4 Å². The average molecular weight is 196 g/mol. The van der Waals surface area contributed by atoms with Gasteiger partial charge in [-0.2, -0.15) is 0 Å². The number of aryl methyl sites for hydroxylation is 1. The van der Waals surface area contributed by atoms with Gasteiger partial charge in [-0.25, -0.2) is 4.39 Å². The van der Waals surface area contributed by atoms with Crippen molar-refractivity contribution in [3.8, 4) is 5.75 Å². The standard InChI is InChI=1S/C12H17FO/c1-3-4-5-8-14-12-9-10(2)6-7-11(12)13/h6-7,9H,3-5,8H2,1-2H3. The Labute approximate surface area is 84.9 Å². The Morgan fingerprint density at radius 2 is 2.07 bits per heavy atom. The van der Waals surface area contributed by atoms with Crippen molar-refractivity contribution in [1.29, 1.82) is 0 Å². The maximum atomic E-state index is 13.2. The average Bonchev–Trinajstić information content (AvgIpc) is 2.18. The third-order valence-corrected chi connectivity index (χ3v) is 2.09. The lowest BCUT2D eigenvalue weighted by Gasteiger charge is -2.07. The second kappa shape index (κ2) is 5.63. The molecule has 0 aliphatic heterocycles. The number of hydrogen-bond acceptors (Lipinski definition) is 1. The monoisotopic (exact) mass is 196 g/mol. The fourth-order valence-electron chi connectivity index (χ4n) is 1.26. The zero-order chi connectivity index (χ0) is 10.4. The van der Waals surface area contributed by atoms with Gasteiger partial charge in [0, 0.05) is 0 Å². The minimum Gasteiger partial charge on any atom is -0.491 e. The van der Waals surface area contributed by atoms with E-state index in [0.717, 1.165) is 24.8 Å². The molecule has 0 unspecified atom stereocenters. The molecule has 0 aromatic heterocycles. The summed E-state index contributed by atoms with van der Waals surface area (Å²) in [4.78, 5) is 0. The molecule has 2 heteroatoms. The molecule has 0 saturated heterocycles. The van der Waals surface area contributed by atoms with E-state index < -0.39 is 0 Å². The molecule has 1 aromatic rings. The summed E-state index contributed by atoms with van der Waals surface area (Å²) in [7, 11) is 0. The molecular weight excluding hydrogens is 179 g/mol. The normalized spacial score (nSPS) is 10.2. The van der Waals surface area contributed by atoms with Gasteiger partial charge in [-0.15, -0.1) is 0 Å². The highest BCUT2D eigenvalue weighted by Gasteiger charge is 2.02. The van der Waals surface area contributed by atoms with Crippen molar-refractivity contribution in [3.63, 3.8) is 0 Å². The molecule has 14 heavy (non-hydrogen) atoms. The van der Waals surface area contributed by atoms with Gasteiger partial charge in [0.2, 0.25) is 0 Å². The van der Waals surface area contributed by atoms with Crippen molar-refractivity contribution in [2.75, 3.05) is 6.61 Å². The van der Waals surface area contributed by atoms with Gasteiger partial charge < -0.3 is 4.74 Å². The van der Waals surface area contributed by atoms with Crippen LogP contribution >= 0.6 is 0 Å². The van der Waals surface area contributed by atoms with Gasteiger partial charge in [-0.3, -0.25) is 0 Å². The molecule has 0 aliphatic carbocycles. The lowest BCUT2D eigenvalue weighted by Crippen LogP contribution is -1.99. The molecule has 0 spiro atoms. The first-order valence-corrected chi connectivity index (χ1v) is 5.13. The van der Waals surface area contributed by atoms with Crippen molar-refractivity contribution < 1.29 is 9.13 Å². The summed E-state index contributed by atoms with van der Waals surface area (Å²) < 4.78 is 18.5. The topological polar surface area (TPSA) is 9.23 Å². The van der Waals surface area contributed by atoms with Crippen LogP contribution in [0.2, 0.25) is 0 Å². The van der Waals surface area contributed by atoms with Crippen LogP contribution < -0.4 is 4.74 Å². The van der Waals surface area contributed by atoms with Crippen molar-refractivity contribution in [2.24, 2.45) is 0 Å². The van der Waals surface area contributed by atoms with E-state index in [2.05, 4.69) is 6.92 Å². The summed E-state index contributed by atoms with van der Waals surface area (Å²) in [6, 6.07) is 4.93. The van der Waals surface area contributed by atoms with Crippen LogP contribution in [0.15, 0.2) is 18.2 Å². The minimum absolute atomic E-state index is 0.271. The van der Waals surface area contributed by atoms with Crippen molar-refractivity contribution in [3.05, 3.63) is 29.6 Å². The smallest absolute Gasteiger partial charge is 0.165 e. The predicted octanol–water partition coefficient (Wildman–Crippen LogP) is 3.70. The number of ether oxygens (including phenoxy) is 1. The Hall–Kier alpha value is -1.05. The molecule has 0 saturated carbocycles. The molecule has 0 amide bonds. The molecule has 0 bridgehead atoms. The van der Waals surface area contributed by atoms with Gasteiger partial charge in [-0.05, 0) is 31.0 Å². The Kier molecular flexibility index (Phi) is 4.44. The highest BCUT2D eigenvalue weighted by Crippen LogP contribution is 2.18. The van der Waals surface area contributed by atoms with Crippen molar-refractivity contribution in [2.45, 2.75) is 33.1 Å². The van der Waals surface area contributed by atoms with Crippen LogP contribution in [0.5, 0.6) is 5.75 Å². The van der Waals surface area contributed by atoms with Crippen LogP contribution in [0.3, 0.4) is 0 Å². The Morgan fingerprint density at radius 1 is 1.29 bits per heavy atom. The Bertz CT molecular complexity index is 284. The van der Waals surface area contributed by atoms with Crippen LogP contribution in [-0.2, 0) is 0 Å². The van der Waals surface area contributed by atoms with Crippen LogP contribution in [0.4, 0.5) is 4.39 Å². The third-order valence-electron chi connectivity index (χ3n) is 2.09. The summed E-state index contributed by atoms with van der Waals surface area (Å²) in [6.07, 6.45) is 3.27. The maximum Gasteiger partial charge on any atom is 0.165 e.